The first kappa shape index (κ1) is 12.2. The molecule has 0 unspecified atom stereocenters. The standard InChI is InChI=1S/C9H19NO3/c1-4-12-7-10-9(11)13-6-5-8(2)3/h8H,4-7H2,1-3H3,(H,10,11). The summed E-state index contributed by atoms with van der Waals surface area (Å²) in [5, 5.41) is 2.47. The van der Waals surface area contributed by atoms with E-state index >= 15 is 0 Å². The molecule has 0 aromatic carbocycles. The van der Waals surface area contributed by atoms with Gasteiger partial charge in [0.2, 0.25) is 0 Å². The van der Waals surface area contributed by atoms with E-state index in [2.05, 4.69) is 19.2 Å². The summed E-state index contributed by atoms with van der Waals surface area (Å²) >= 11 is 0. The molecule has 1 amide bonds. The highest BCUT2D eigenvalue weighted by Crippen LogP contribution is 1.98. The van der Waals surface area contributed by atoms with Gasteiger partial charge in [-0.1, -0.05) is 13.8 Å². The summed E-state index contributed by atoms with van der Waals surface area (Å²) in [6, 6.07) is 0. The molecular weight excluding hydrogens is 170 g/mol. The fourth-order valence-electron chi connectivity index (χ4n) is 0.650. The van der Waals surface area contributed by atoms with Crippen LogP contribution in [0.15, 0.2) is 0 Å². The molecule has 4 heteroatoms. The molecule has 0 saturated carbocycles. The zero-order chi connectivity index (χ0) is 10.1. The third-order valence-corrected chi connectivity index (χ3v) is 1.45. The maximum atomic E-state index is 10.9. The van der Waals surface area contributed by atoms with Gasteiger partial charge in [0.05, 0.1) is 6.61 Å². The molecule has 0 fully saturated rings. The molecule has 78 valence electrons. The summed E-state index contributed by atoms with van der Waals surface area (Å²) in [6.07, 6.45) is 0.483. The van der Waals surface area contributed by atoms with E-state index in [1.54, 1.807) is 0 Å². The summed E-state index contributed by atoms with van der Waals surface area (Å²) < 4.78 is 9.79. The molecule has 0 aromatic heterocycles. The third-order valence-electron chi connectivity index (χ3n) is 1.45. The van der Waals surface area contributed by atoms with Gasteiger partial charge in [0.25, 0.3) is 0 Å². The van der Waals surface area contributed by atoms with E-state index in [0.29, 0.717) is 19.1 Å². The second-order valence-electron chi connectivity index (χ2n) is 3.13. The molecule has 0 bridgehead atoms. The number of hydrogen-bond donors (Lipinski definition) is 1. The van der Waals surface area contributed by atoms with E-state index in [4.69, 9.17) is 9.47 Å². The minimum absolute atomic E-state index is 0.219. The Morgan fingerprint density at radius 2 is 2.15 bits per heavy atom. The molecule has 0 aliphatic carbocycles. The first-order chi connectivity index (χ1) is 6.16. The Bertz CT molecular complexity index is 137. The van der Waals surface area contributed by atoms with Crippen molar-refractivity contribution >= 4 is 6.09 Å². The van der Waals surface area contributed by atoms with Crippen LogP contribution in [0.25, 0.3) is 0 Å². The van der Waals surface area contributed by atoms with Crippen LogP contribution in [0.5, 0.6) is 0 Å². The van der Waals surface area contributed by atoms with Crippen molar-refractivity contribution in [2.24, 2.45) is 5.92 Å². The number of carbonyl (C=O) groups is 1. The predicted molar refractivity (Wildman–Crippen MR) is 50.4 cm³/mol. The summed E-state index contributed by atoms with van der Waals surface area (Å²) in [5.74, 6) is 0.555. The predicted octanol–water partition coefficient (Wildman–Crippen LogP) is 1.75. The lowest BCUT2D eigenvalue weighted by Crippen LogP contribution is -2.27. The van der Waals surface area contributed by atoms with Crippen molar-refractivity contribution in [3.8, 4) is 0 Å². The van der Waals surface area contributed by atoms with Crippen molar-refractivity contribution in [1.29, 1.82) is 0 Å². The van der Waals surface area contributed by atoms with Gasteiger partial charge in [0, 0.05) is 6.61 Å². The van der Waals surface area contributed by atoms with Gasteiger partial charge in [-0.2, -0.15) is 0 Å². The quantitative estimate of drug-likeness (QED) is 0.511. The Labute approximate surface area is 79.6 Å². The summed E-state index contributed by atoms with van der Waals surface area (Å²) in [4.78, 5) is 10.9. The Kier molecular flexibility index (Phi) is 7.39. The lowest BCUT2D eigenvalue weighted by Gasteiger charge is -2.07. The van der Waals surface area contributed by atoms with Gasteiger partial charge in [-0.05, 0) is 19.3 Å². The monoisotopic (exact) mass is 189 g/mol. The van der Waals surface area contributed by atoms with Crippen LogP contribution >= 0.6 is 0 Å². The fourth-order valence-corrected chi connectivity index (χ4v) is 0.650. The van der Waals surface area contributed by atoms with Gasteiger partial charge in [-0.25, -0.2) is 4.79 Å². The van der Waals surface area contributed by atoms with Crippen LogP contribution < -0.4 is 5.32 Å². The minimum Gasteiger partial charge on any atom is -0.450 e. The Balaban J connectivity index is 3.20. The van der Waals surface area contributed by atoms with E-state index in [9.17, 15) is 4.79 Å². The molecule has 0 aliphatic heterocycles. The molecular formula is C9H19NO3. The summed E-state index contributed by atoms with van der Waals surface area (Å²) in [5.41, 5.74) is 0. The smallest absolute Gasteiger partial charge is 0.408 e. The maximum absolute atomic E-state index is 10.9. The molecule has 0 aliphatic rings. The van der Waals surface area contributed by atoms with Crippen LogP contribution in [0.1, 0.15) is 27.2 Å². The molecule has 0 heterocycles. The number of nitrogens with one attached hydrogen (secondary N) is 1. The van der Waals surface area contributed by atoms with Crippen molar-refractivity contribution in [3.63, 3.8) is 0 Å². The first-order valence-corrected chi connectivity index (χ1v) is 4.65. The molecule has 0 saturated heterocycles. The highest BCUT2D eigenvalue weighted by atomic mass is 16.6. The number of hydrogen-bond acceptors (Lipinski definition) is 3. The number of rotatable bonds is 6. The summed E-state index contributed by atoms with van der Waals surface area (Å²) in [6.45, 7) is 7.31. The lowest BCUT2D eigenvalue weighted by molar-refractivity contribution is 0.0999. The number of ether oxygens (including phenoxy) is 2. The topological polar surface area (TPSA) is 47.6 Å². The molecule has 0 aromatic rings. The average molecular weight is 189 g/mol. The SMILES string of the molecule is CCOCNC(=O)OCCC(C)C. The van der Waals surface area contributed by atoms with Crippen LogP contribution in [0.4, 0.5) is 4.79 Å². The normalized spacial score (nSPS) is 10.2. The van der Waals surface area contributed by atoms with Crippen LogP contribution in [0.3, 0.4) is 0 Å². The third kappa shape index (κ3) is 9.14. The van der Waals surface area contributed by atoms with Crippen molar-refractivity contribution in [2.75, 3.05) is 19.9 Å². The number of carbonyl (C=O) groups excluding carboxylic acids is 1. The van der Waals surface area contributed by atoms with Crippen molar-refractivity contribution < 1.29 is 14.3 Å². The molecule has 0 rings (SSSR count). The Morgan fingerprint density at radius 1 is 1.46 bits per heavy atom. The van der Waals surface area contributed by atoms with Crippen molar-refractivity contribution in [1.82, 2.24) is 5.32 Å². The molecule has 0 spiro atoms. The second-order valence-corrected chi connectivity index (χ2v) is 3.13. The first-order valence-electron chi connectivity index (χ1n) is 4.65. The zero-order valence-electron chi connectivity index (χ0n) is 8.63. The van der Waals surface area contributed by atoms with Crippen molar-refractivity contribution in [3.05, 3.63) is 0 Å². The van der Waals surface area contributed by atoms with E-state index < -0.39 is 6.09 Å². The highest BCUT2D eigenvalue weighted by Gasteiger charge is 2.00. The lowest BCUT2D eigenvalue weighted by atomic mass is 10.1. The van der Waals surface area contributed by atoms with Gasteiger partial charge >= 0.3 is 6.09 Å². The van der Waals surface area contributed by atoms with Crippen molar-refractivity contribution in [2.45, 2.75) is 27.2 Å². The molecule has 4 nitrogen and oxygen atoms in total. The minimum atomic E-state index is -0.408. The zero-order valence-corrected chi connectivity index (χ0v) is 8.63. The van der Waals surface area contributed by atoms with Gasteiger partial charge in [-0.3, -0.25) is 5.32 Å². The Morgan fingerprint density at radius 3 is 2.69 bits per heavy atom. The second kappa shape index (κ2) is 7.86. The largest absolute Gasteiger partial charge is 0.450 e. The van der Waals surface area contributed by atoms with Crippen LogP contribution in [0, 0.1) is 5.92 Å². The number of alkyl carbamates (subject to hydrolysis) is 1. The molecule has 0 atom stereocenters. The fraction of sp³-hybridized carbons (Fsp3) is 0.889. The molecule has 1 N–H and O–H groups in total. The van der Waals surface area contributed by atoms with E-state index in [0.717, 1.165) is 6.42 Å². The highest BCUT2D eigenvalue weighted by molar-refractivity contribution is 5.66. The van der Waals surface area contributed by atoms with Gasteiger partial charge in [-0.15, -0.1) is 0 Å². The number of amides is 1. The Hall–Kier alpha value is -0.770. The van der Waals surface area contributed by atoms with Gasteiger partial charge < -0.3 is 9.47 Å². The molecule has 13 heavy (non-hydrogen) atoms. The van der Waals surface area contributed by atoms with E-state index in [1.807, 2.05) is 6.92 Å². The van der Waals surface area contributed by atoms with Crippen LogP contribution in [0.2, 0.25) is 0 Å². The summed E-state index contributed by atoms with van der Waals surface area (Å²) in [7, 11) is 0. The maximum Gasteiger partial charge on any atom is 0.408 e. The average Bonchev–Trinajstić information content (AvgIpc) is 2.04. The van der Waals surface area contributed by atoms with Crippen LogP contribution in [-0.4, -0.2) is 26.0 Å². The van der Waals surface area contributed by atoms with Gasteiger partial charge in [0.1, 0.15) is 6.73 Å². The van der Waals surface area contributed by atoms with Gasteiger partial charge in [0.15, 0.2) is 0 Å². The van der Waals surface area contributed by atoms with Crippen LogP contribution in [-0.2, 0) is 9.47 Å². The molecule has 0 radical (unpaired) electrons. The van der Waals surface area contributed by atoms with E-state index in [1.165, 1.54) is 0 Å². The van der Waals surface area contributed by atoms with E-state index in [-0.39, 0.29) is 6.73 Å².